The fraction of sp³-hybridized carbons (Fsp3) is 0.833. The van der Waals surface area contributed by atoms with Crippen LogP contribution in [0.1, 0.15) is 38.5 Å². The molecule has 1 fully saturated rings. The Balaban J connectivity index is 1.96. The van der Waals surface area contributed by atoms with Crippen molar-refractivity contribution in [2.24, 2.45) is 12.5 Å². The van der Waals surface area contributed by atoms with E-state index < -0.39 is 0 Å². The van der Waals surface area contributed by atoms with Gasteiger partial charge in [0.25, 0.3) is 0 Å². The Labute approximate surface area is 113 Å². The summed E-state index contributed by atoms with van der Waals surface area (Å²) in [6, 6.07) is 0. The van der Waals surface area contributed by atoms with Crippen LogP contribution in [-0.4, -0.2) is 26.3 Å². The van der Waals surface area contributed by atoms with Crippen LogP contribution >= 0.6 is 24.4 Å². The molecule has 0 saturated heterocycles. The van der Waals surface area contributed by atoms with Crippen LogP contribution in [0.3, 0.4) is 0 Å². The van der Waals surface area contributed by atoms with E-state index in [4.69, 9.17) is 0 Å². The van der Waals surface area contributed by atoms with E-state index in [0.29, 0.717) is 5.41 Å². The Morgan fingerprint density at radius 3 is 2.59 bits per heavy atom. The third-order valence-corrected chi connectivity index (χ3v) is 5.73. The highest BCUT2D eigenvalue weighted by molar-refractivity contribution is 7.99. The number of thioether (sulfide) groups is 1. The van der Waals surface area contributed by atoms with Crippen molar-refractivity contribution in [2.75, 3.05) is 11.5 Å². The lowest BCUT2D eigenvalue weighted by Crippen LogP contribution is -2.25. The van der Waals surface area contributed by atoms with E-state index in [2.05, 4.69) is 22.8 Å². The highest BCUT2D eigenvalue weighted by atomic mass is 32.2. The molecule has 17 heavy (non-hydrogen) atoms. The molecule has 0 unspecified atom stereocenters. The van der Waals surface area contributed by atoms with Crippen molar-refractivity contribution in [1.29, 1.82) is 0 Å². The summed E-state index contributed by atoms with van der Waals surface area (Å²) in [6.07, 6.45) is 9.92. The first-order chi connectivity index (χ1) is 8.26. The summed E-state index contributed by atoms with van der Waals surface area (Å²) in [5.74, 6) is 2.13. The third-order valence-electron chi connectivity index (χ3n) is 3.68. The number of nitrogens with zero attached hydrogens (tertiary/aromatic N) is 3. The Bertz CT molecular complexity index is 343. The molecule has 1 saturated carbocycles. The van der Waals surface area contributed by atoms with Crippen LogP contribution in [0.5, 0.6) is 0 Å². The van der Waals surface area contributed by atoms with E-state index in [1.165, 1.54) is 38.5 Å². The summed E-state index contributed by atoms with van der Waals surface area (Å²) in [4.78, 5) is 0. The van der Waals surface area contributed by atoms with Gasteiger partial charge < -0.3 is 4.57 Å². The molecular weight excluding hydrogens is 250 g/mol. The van der Waals surface area contributed by atoms with Gasteiger partial charge in [-0.05, 0) is 24.0 Å². The molecular formula is C12H21N3S2. The summed E-state index contributed by atoms with van der Waals surface area (Å²) in [6.45, 7) is 0. The fourth-order valence-electron chi connectivity index (χ4n) is 2.45. The van der Waals surface area contributed by atoms with Crippen molar-refractivity contribution >= 4 is 24.4 Å². The summed E-state index contributed by atoms with van der Waals surface area (Å²) in [5.41, 5.74) is 0.413. The Morgan fingerprint density at radius 1 is 1.35 bits per heavy atom. The summed E-state index contributed by atoms with van der Waals surface area (Å²) < 4.78 is 1.99. The topological polar surface area (TPSA) is 30.7 Å². The number of thiol groups is 1. The smallest absolute Gasteiger partial charge is 0.190 e. The second-order valence-corrected chi connectivity index (χ2v) is 6.34. The lowest BCUT2D eigenvalue weighted by Gasteiger charge is -2.30. The molecule has 0 spiro atoms. The standard InChI is InChI=1S/C12H21N3S2/c1-15-10-13-14-11(15)17-9-12(8-16)6-4-2-3-5-7-12/h10,16H,2-9H2,1H3. The molecule has 5 heteroatoms. The van der Waals surface area contributed by atoms with Gasteiger partial charge >= 0.3 is 0 Å². The maximum atomic E-state index is 4.60. The summed E-state index contributed by atoms with van der Waals surface area (Å²) >= 11 is 6.43. The van der Waals surface area contributed by atoms with Crippen LogP contribution in [0.25, 0.3) is 0 Å². The zero-order chi connectivity index (χ0) is 12.1. The molecule has 0 aromatic carbocycles. The molecule has 0 aliphatic heterocycles. The van der Waals surface area contributed by atoms with E-state index in [1.54, 1.807) is 6.33 Å². The van der Waals surface area contributed by atoms with E-state index in [1.807, 2.05) is 23.4 Å². The molecule has 96 valence electrons. The van der Waals surface area contributed by atoms with E-state index >= 15 is 0 Å². The van der Waals surface area contributed by atoms with Crippen molar-refractivity contribution in [1.82, 2.24) is 14.8 Å². The largest absolute Gasteiger partial charge is 0.312 e. The lowest BCUT2D eigenvalue weighted by molar-refractivity contribution is 0.332. The maximum Gasteiger partial charge on any atom is 0.190 e. The molecule has 0 radical (unpaired) electrons. The molecule has 0 N–H and O–H groups in total. The van der Waals surface area contributed by atoms with Crippen LogP contribution in [0, 0.1) is 5.41 Å². The average Bonchev–Trinajstić information content (AvgIpc) is 2.63. The Morgan fingerprint density at radius 2 is 2.06 bits per heavy atom. The van der Waals surface area contributed by atoms with E-state index in [-0.39, 0.29) is 0 Å². The fourth-order valence-corrected chi connectivity index (χ4v) is 4.21. The van der Waals surface area contributed by atoms with Gasteiger partial charge in [-0.25, -0.2) is 0 Å². The molecule has 0 amide bonds. The average molecular weight is 271 g/mol. The molecule has 1 aliphatic carbocycles. The normalized spacial score (nSPS) is 20.1. The molecule has 1 aromatic rings. The van der Waals surface area contributed by atoms with Gasteiger partial charge in [-0.1, -0.05) is 37.4 Å². The third kappa shape index (κ3) is 3.41. The molecule has 1 heterocycles. The number of aromatic nitrogens is 3. The summed E-state index contributed by atoms with van der Waals surface area (Å²) in [7, 11) is 2.00. The first-order valence-electron chi connectivity index (χ1n) is 6.33. The molecule has 2 rings (SSSR count). The van der Waals surface area contributed by atoms with Crippen molar-refractivity contribution < 1.29 is 0 Å². The van der Waals surface area contributed by atoms with Crippen LogP contribution < -0.4 is 0 Å². The van der Waals surface area contributed by atoms with Gasteiger partial charge in [-0.2, -0.15) is 12.6 Å². The van der Waals surface area contributed by atoms with Crippen molar-refractivity contribution in [3.8, 4) is 0 Å². The van der Waals surface area contributed by atoms with Gasteiger partial charge in [0.2, 0.25) is 0 Å². The van der Waals surface area contributed by atoms with Crippen molar-refractivity contribution in [3.05, 3.63) is 6.33 Å². The monoisotopic (exact) mass is 271 g/mol. The van der Waals surface area contributed by atoms with E-state index in [0.717, 1.165) is 16.7 Å². The molecule has 3 nitrogen and oxygen atoms in total. The predicted molar refractivity (Wildman–Crippen MR) is 75.7 cm³/mol. The highest BCUT2D eigenvalue weighted by Gasteiger charge is 2.30. The molecule has 1 aliphatic rings. The first-order valence-corrected chi connectivity index (χ1v) is 7.95. The lowest BCUT2D eigenvalue weighted by atomic mass is 9.84. The highest BCUT2D eigenvalue weighted by Crippen LogP contribution is 2.40. The number of rotatable bonds is 4. The molecule has 1 aromatic heterocycles. The van der Waals surface area contributed by atoms with Gasteiger partial charge in [-0.15, -0.1) is 10.2 Å². The SMILES string of the molecule is Cn1cnnc1SCC1(CS)CCCCCC1. The minimum Gasteiger partial charge on any atom is -0.312 e. The van der Waals surface area contributed by atoms with E-state index in [9.17, 15) is 0 Å². The zero-order valence-corrected chi connectivity index (χ0v) is 12.1. The number of hydrogen-bond acceptors (Lipinski definition) is 4. The minimum atomic E-state index is 0.413. The quantitative estimate of drug-likeness (QED) is 0.518. The zero-order valence-electron chi connectivity index (χ0n) is 10.4. The van der Waals surface area contributed by atoms with Gasteiger partial charge in [0.1, 0.15) is 6.33 Å². The minimum absolute atomic E-state index is 0.413. The van der Waals surface area contributed by atoms with Gasteiger partial charge in [-0.3, -0.25) is 0 Å². The van der Waals surface area contributed by atoms with Crippen LogP contribution in [0.2, 0.25) is 0 Å². The van der Waals surface area contributed by atoms with Crippen LogP contribution in [0.4, 0.5) is 0 Å². The van der Waals surface area contributed by atoms with Crippen molar-refractivity contribution in [2.45, 2.75) is 43.7 Å². The summed E-state index contributed by atoms with van der Waals surface area (Å²) in [5, 5.41) is 9.09. The van der Waals surface area contributed by atoms with Crippen LogP contribution in [0.15, 0.2) is 11.5 Å². The maximum absolute atomic E-state index is 4.60. The molecule has 0 atom stereocenters. The van der Waals surface area contributed by atoms with Crippen LogP contribution in [-0.2, 0) is 7.05 Å². The van der Waals surface area contributed by atoms with Crippen molar-refractivity contribution in [3.63, 3.8) is 0 Å². The Hall–Kier alpha value is -0.160. The van der Waals surface area contributed by atoms with Gasteiger partial charge in [0.15, 0.2) is 5.16 Å². The predicted octanol–water partition coefficient (Wildman–Crippen LogP) is 3.18. The van der Waals surface area contributed by atoms with Gasteiger partial charge in [0.05, 0.1) is 0 Å². The second kappa shape index (κ2) is 6.14. The first kappa shape index (κ1) is 13.3. The van der Waals surface area contributed by atoms with Gasteiger partial charge in [0, 0.05) is 12.8 Å². The second-order valence-electron chi connectivity index (χ2n) is 5.09. The number of aryl methyl sites for hydroxylation is 1. The molecule has 0 bridgehead atoms. The number of hydrogen-bond donors (Lipinski definition) is 1. The Kier molecular flexibility index (Phi) is 4.79.